The molecule has 0 aliphatic carbocycles. The Morgan fingerprint density at radius 2 is 2.00 bits per heavy atom. The molecule has 0 spiro atoms. The molecule has 6 heteroatoms. The van der Waals surface area contributed by atoms with Gasteiger partial charge in [0, 0.05) is 17.2 Å². The van der Waals surface area contributed by atoms with Crippen molar-refractivity contribution in [2.75, 3.05) is 0 Å². The van der Waals surface area contributed by atoms with E-state index in [9.17, 15) is 18.7 Å². The minimum Gasteiger partial charge on any atom is -0.465 e. The van der Waals surface area contributed by atoms with Crippen LogP contribution in [-0.4, -0.2) is 21.6 Å². The number of hydrogen-bond acceptors (Lipinski definition) is 2. The molecule has 0 aliphatic rings. The predicted octanol–water partition coefficient (Wildman–Crippen LogP) is 3.31. The number of rotatable bonds is 2. The van der Waals surface area contributed by atoms with E-state index in [4.69, 9.17) is 5.26 Å². The van der Waals surface area contributed by atoms with Crippen molar-refractivity contribution in [1.29, 1.82) is 5.26 Å². The molecule has 1 unspecified atom stereocenters. The molecule has 0 aliphatic heterocycles. The van der Waals surface area contributed by atoms with Crippen LogP contribution < -0.4 is 0 Å². The Bertz CT molecular complexity index is 532. The number of carboxylic acid groups (broad SMARTS) is 1. The first kappa shape index (κ1) is 14.9. The van der Waals surface area contributed by atoms with Gasteiger partial charge in [-0.1, -0.05) is 6.07 Å². The standard InChI is InChI=1S/C13H14F2N2O2/c1-13(2,3)17(12(18)19)11(7-16)9-5-4-8(14)6-10(9)15/h4-6,11H,1-3H3,(H,18,19). The van der Waals surface area contributed by atoms with Gasteiger partial charge in [0.15, 0.2) is 6.04 Å². The zero-order valence-electron chi connectivity index (χ0n) is 10.8. The molecule has 0 aromatic heterocycles. The maximum absolute atomic E-state index is 13.7. The van der Waals surface area contributed by atoms with Gasteiger partial charge >= 0.3 is 6.09 Å². The molecule has 0 fully saturated rings. The number of halogens is 2. The van der Waals surface area contributed by atoms with E-state index < -0.39 is 29.3 Å². The molecule has 19 heavy (non-hydrogen) atoms. The van der Waals surface area contributed by atoms with E-state index in [0.717, 1.165) is 17.0 Å². The summed E-state index contributed by atoms with van der Waals surface area (Å²) >= 11 is 0. The third-order valence-corrected chi connectivity index (χ3v) is 2.57. The highest BCUT2D eigenvalue weighted by molar-refractivity contribution is 5.67. The summed E-state index contributed by atoms with van der Waals surface area (Å²) in [4.78, 5) is 12.1. The highest BCUT2D eigenvalue weighted by atomic mass is 19.1. The van der Waals surface area contributed by atoms with E-state index in [1.54, 1.807) is 26.8 Å². The van der Waals surface area contributed by atoms with Gasteiger partial charge in [-0.05, 0) is 26.8 Å². The third-order valence-electron chi connectivity index (χ3n) is 2.57. The summed E-state index contributed by atoms with van der Waals surface area (Å²) in [6, 6.07) is 3.12. The number of amides is 1. The summed E-state index contributed by atoms with van der Waals surface area (Å²) in [5, 5.41) is 18.3. The fourth-order valence-electron chi connectivity index (χ4n) is 1.77. The number of benzene rings is 1. The molecule has 1 N–H and O–H groups in total. The second-order valence-electron chi connectivity index (χ2n) is 5.02. The molecule has 1 amide bonds. The summed E-state index contributed by atoms with van der Waals surface area (Å²) in [6.45, 7) is 4.77. The minimum absolute atomic E-state index is 0.166. The maximum atomic E-state index is 13.7. The molecule has 1 rings (SSSR count). The van der Waals surface area contributed by atoms with Crippen LogP contribution in [-0.2, 0) is 0 Å². The van der Waals surface area contributed by atoms with E-state index in [1.165, 1.54) is 0 Å². The lowest BCUT2D eigenvalue weighted by Crippen LogP contribution is -2.47. The zero-order chi connectivity index (χ0) is 14.8. The quantitative estimate of drug-likeness (QED) is 0.894. The van der Waals surface area contributed by atoms with E-state index in [2.05, 4.69) is 0 Å². The molecule has 0 heterocycles. The summed E-state index contributed by atoms with van der Waals surface area (Å²) in [5.74, 6) is -1.72. The normalized spacial score (nSPS) is 12.6. The van der Waals surface area contributed by atoms with Crippen LogP contribution in [0.25, 0.3) is 0 Å². The maximum Gasteiger partial charge on any atom is 0.409 e. The molecule has 0 bridgehead atoms. The van der Waals surface area contributed by atoms with Crippen LogP contribution in [0.2, 0.25) is 0 Å². The fraction of sp³-hybridized carbons (Fsp3) is 0.385. The Kier molecular flexibility index (Phi) is 4.10. The summed E-state index contributed by atoms with van der Waals surface area (Å²) in [5.41, 5.74) is -1.06. The lowest BCUT2D eigenvalue weighted by atomic mass is 9.99. The van der Waals surface area contributed by atoms with Gasteiger partial charge in [0.25, 0.3) is 0 Å². The molecular weight excluding hydrogens is 254 g/mol. The van der Waals surface area contributed by atoms with Gasteiger partial charge < -0.3 is 5.11 Å². The highest BCUT2D eigenvalue weighted by Crippen LogP contribution is 2.29. The van der Waals surface area contributed by atoms with Crippen molar-refractivity contribution in [1.82, 2.24) is 4.90 Å². The predicted molar refractivity (Wildman–Crippen MR) is 64.3 cm³/mol. The van der Waals surface area contributed by atoms with Gasteiger partial charge in [0.1, 0.15) is 11.6 Å². The van der Waals surface area contributed by atoms with Gasteiger partial charge in [-0.25, -0.2) is 13.6 Å². The van der Waals surface area contributed by atoms with Crippen molar-refractivity contribution in [3.8, 4) is 6.07 Å². The van der Waals surface area contributed by atoms with Gasteiger partial charge in [0.2, 0.25) is 0 Å². The van der Waals surface area contributed by atoms with Crippen molar-refractivity contribution in [3.05, 3.63) is 35.4 Å². The number of nitriles is 1. The van der Waals surface area contributed by atoms with Gasteiger partial charge in [-0.15, -0.1) is 0 Å². The van der Waals surface area contributed by atoms with E-state index in [-0.39, 0.29) is 5.56 Å². The first-order valence-electron chi connectivity index (χ1n) is 5.55. The Balaban J connectivity index is 3.33. The monoisotopic (exact) mass is 268 g/mol. The number of hydrogen-bond donors (Lipinski definition) is 1. The van der Waals surface area contributed by atoms with Crippen LogP contribution in [0.5, 0.6) is 0 Å². The van der Waals surface area contributed by atoms with Crippen LogP contribution in [0.4, 0.5) is 13.6 Å². The largest absolute Gasteiger partial charge is 0.465 e. The molecule has 4 nitrogen and oxygen atoms in total. The first-order chi connectivity index (χ1) is 8.68. The summed E-state index contributed by atoms with van der Waals surface area (Å²) in [6.07, 6.45) is -1.34. The molecule has 1 aromatic carbocycles. The molecule has 0 radical (unpaired) electrons. The van der Waals surface area contributed by atoms with Gasteiger partial charge in [-0.3, -0.25) is 4.90 Å². The zero-order valence-corrected chi connectivity index (χ0v) is 10.8. The fourth-order valence-corrected chi connectivity index (χ4v) is 1.77. The van der Waals surface area contributed by atoms with Crippen molar-refractivity contribution in [3.63, 3.8) is 0 Å². The number of carbonyl (C=O) groups is 1. The molecule has 0 saturated carbocycles. The molecule has 1 aromatic rings. The molecule has 102 valence electrons. The van der Waals surface area contributed by atoms with Crippen LogP contribution in [0.1, 0.15) is 32.4 Å². The van der Waals surface area contributed by atoms with Gasteiger partial charge in [-0.2, -0.15) is 5.26 Å². The average molecular weight is 268 g/mol. The second-order valence-corrected chi connectivity index (χ2v) is 5.02. The first-order valence-corrected chi connectivity index (χ1v) is 5.55. The topological polar surface area (TPSA) is 64.3 Å². The smallest absolute Gasteiger partial charge is 0.409 e. The van der Waals surface area contributed by atoms with Crippen LogP contribution in [0, 0.1) is 23.0 Å². The Morgan fingerprint density at radius 1 is 1.42 bits per heavy atom. The highest BCUT2D eigenvalue weighted by Gasteiger charge is 2.35. The Hall–Kier alpha value is -2.16. The van der Waals surface area contributed by atoms with Gasteiger partial charge in [0.05, 0.1) is 6.07 Å². The average Bonchev–Trinajstić information content (AvgIpc) is 2.24. The van der Waals surface area contributed by atoms with E-state index >= 15 is 0 Å². The second kappa shape index (κ2) is 5.22. The van der Waals surface area contributed by atoms with Crippen LogP contribution in [0.15, 0.2) is 18.2 Å². The van der Waals surface area contributed by atoms with Crippen molar-refractivity contribution in [2.24, 2.45) is 0 Å². The van der Waals surface area contributed by atoms with Crippen molar-refractivity contribution < 1.29 is 18.7 Å². The third kappa shape index (κ3) is 3.19. The number of nitrogens with zero attached hydrogens (tertiary/aromatic N) is 2. The summed E-state index contributed by atoms with van der Waals surface area (Å²) < 4.78 is 26.5. The molecular formula is C13H14F2N2O2. The minimum atomic E-state index is -1.34. The summed E-state index contributed by atoms with van der Waals surface area (Å²) in [7, 11) is 0. The lowest BCUT2D eigenvalue weighted by Gasteiger charge is -2.36. The van der Waals surface area contributed by atoms with E-state index in [0.29, 0.717) is 6.07 Å². The van der Waals surface area contributed by atoms with Crippen molar-refractivity contribution >= 4 is 6.09 Å². The Labute approximate surface area is 109 Å². The Morgan fingerprint density at radius 3 is 2.37 bits per heavy atom. The molecule has 1 atom stereocenters. The lowest BCUT2D eigenvalue weighted by molar-refractivity contribution is 0.0840. The SMILES string of the molecule is CC(C)(C)N(C(=O)O)C(C#N)c1ccc(F)cc1F. The van der Waals surface area contributed by atoms with E-state index in [1.807, 2.05) is 0 Å². The molecule has 0 saturated heterocycles. The van der Waals surface area contributed by atoms with Crippen molar-refractivity contribution in [2.45, 2.75) is 32.4 Å². The van der Waals surface area contributed by atoms with Crippen LogP contribution >= 0.6 is 0 Å². The van der Waals surface area contributed by atoms with Crippen LogP contribution in [0.3, 0.4) is 0 Å².